The number of aromatic nitrogens is 2. The fourth-order valence-corrected chi connectivity index (χ4v) is 3.26. The number of hydrogen-bond acceptors (Lipinski definition) is 4. The number of fused-ring (bicyclic) bond motifs is 1. The molecule has 0 saturated carbocycles. The molecule has 0 spiro atoms. The zero-order chi connectivity index (χ0) is 12.5. The Bertz CT molecular complexity index is 564. The lowest BCUT2D eigenvalue weighted by atomic mass is 10.2. The zero-order valence-corrected chi connectivity index (χ0v) is 11.2. The van der Waals surface area contributed by atoms with Crippen molar-refractivity contribution < 1.29 is 0 Å². The molecule has 1 aliphatic rings. The SMILES string of the molecule is Cn1cc(CN2CCSc3ccc(N)cc32)cn1. The second kappa shape index (κ2) is 4.57. The van der Waals surface area contributed by atoms with Crippen molar-refractivity contribution in [3.63, 3.8) is 0 Å². The van der Waals surface area contributed by atoms with Gasteiger partial charge >= 0.3 is 0 Å². The van der Waals surface area contributed by atoms with Crippen LogP contribution in [0.3, 0.4) is 0 Å². The van der Waals surface area contributed by atoms with E-state index in [1.807, 2.05) is 35.8 Å². The Hall–Kier alpha value is -1.62. The predicted molar refractivity (Wildman–Crippen MR) is 75.8 cm³/mol. The van der Waals surface area contributed by atoms with Gasteiger partial charge in [0.2, 0.25) is 0 Å². The van der Waals surface area contributed by atoms with Crippen LogP contribution in [0.25, 0.3) is 0 Å². The van der Waals surface area contributed by atoms with Crippen LogP contribution in [0.15, 0.2) is 35.5 Å². The molecule has 0 amide bonds. The van der Waals surface area contributed by atoms with Gasteiger partial charge in [-0.1, -0.05) is 0 Å². The van der Waals surface area contributed by atoms with Crippen LogP contribution in [-0.2, 0) is 13.6 Å². The minimum Gasteiger partial charge on any atom is -0.399 e. The van der Waals surface area contributed by atoms with Crippen molar-refractivity contribution in [3.05, 3.63) is 36.2 Å². The van der Waals surface area contributed by atoms with Gasteiger partial charge in [0.05, 0.1) is 11.9 Å². The first-order chi connectivity index (χ1) is 8.72. The Kier molecular flexibility index (Phi) is 2.91. The van der Waals surface area contributed by atoms with E-state index in [1.54, 1.807) is 0 Å². The largest absolute Gasteiger partial charge is 0.399 e. The van der Waals surface area contributed by atoms with E-state index >= 15 is 0 Å². The smallest absolute Gasteiger partial charge is 0.0539 e. The molecule has 3 rings (SSSR count). The van der Waals surface area contributed by atoms with Crippen LogP contribution in [0.5, 0.6) is 0 Å². The Morgan fingerprint density at radius 2 is 2.33 bits per heavy atom. The van der Waals surface area contributed by atoms with Crippen LogP contribution in [0.4, 0.5) is 11.4 Å². The third-order valence-electron chi connectivity index (χ3n) is 3.07. The van der Waals surface area contributed by atoms with Gasteiger partial charge in [0.25, 0.3) is 0 Å². The van der Waals surface area contributed by atoms with E-state index in [4.69, 9.17) is 5.73 Å². The summed E-state index contributed by atoms with van der Waals surface area (Å²) in [6.45, 7) is 1.95. The highest BCUT2D eigenvalue weighted by molar-refractivity contribution is 7.99. The molecule has 0 fully saturated rings. The summed E-state index contributed by atoms with van der Waals surface area (Å²) in [5.74, 6) is 1.12. The lowest BCUT2D eigenvalue weighted by molar-refractivity contribution is 0.764. The van der Waals surface area contributed by atoms with E-state index in [0.717, 1.165) is 24.5 Å². The van der Waals surface area contributed by atoms with Crippen LogP contribution in [-0.4, -0.2) is 22.1 Å². The van der Waals surface area contributed by atoms with Crippen molar-refractivity contribution in [1.82, 2.24) is 9.78 Å². The highest BCUT2D eigenvalue weighted by Gasteiger charge is 2.18. The second-order valence-electron chi connectivity index (χ2n) is 4.52. The van der Waals surface area contributed by atoms with Gasteiger partial charge in [-0.2, -0.15) is 5.10 Å². The summed E-state index contributed by atoms with van der Waals surface area (Å²) in [6, 6.07) is 6.15. The van der Waals surface area contributed by atoms with Crippen LogP contribution in [0.2, 0.25) is 0 Å². The first-order valence-electron chi connectivity index (χ1n) is 5.97. The van der Waals surface area contributed by atoms with Gasteiger partial charge in [0.15, 0.2) is 0 Å². The van der Waals surface area contributed by atoms with Gasteiger partial charge in [-0.25, -0.2) is 0 Å². The van der Waals surface area contributed by atoms with E-state index in [1.165, 1.54) is 16.1 Å². The monoisotopic (exact) mass is 260 g/mol. The molecule has 2 heterocycles. The Morgan fingerprint density at radius 1 is 1.44 bits per heavy atom. The molecule has 0 unspecified atom stereocenters. The number of hydrogen-bond donors (Lipinski definition) is 1. The molecule has 1 aromatic heterocycles. The highest BCUT2D eigenvalue weighted by Crippen LogP contribution is 2.36. The lowest BCUT2D eigenvalue weighted by Crippen LogP contribution is -2.28. The Morgan fingerprint density at radius 3 is 3.11 bits per heavy atom. The third-order valence-corrected chi connectivity index (χ3v) is 4.12. The fourth-order valence-electron chi connectivity index (χ4n) is 2.23. The van der Waals surface area contributed by atoms with E-state index in [-0.39, 0.29) is 0 Å². The molecule has 2 N–H and O–H groups in total. The van der Waals surface area contributed by atoms with Gasteiger partial charge < -0.3 is 10.6 Å². The maximum Gasteiger partial charge on any atom is 0.0539 e. The number of thioether (sulfide) groups is 1. The number of anilines is 2. The summed E-state index contributed by atoms with van der Waals surface area (Å²) in [5.41, 5.74) is 9.20. The maximum absolute atomic E-state index is 5.89. The van der Waals surface area contributed by atoms with Crippen LogP contribution >= 0.6 is 11.8 Å². The van der Waals surface area contributed by atoms with Gasteiger partial charge in [0, 0.05) is 48.2 Å². The first-order valence-corrected chi connectivity index (χ1v) is 6.96. The molecule has 0 atom stereocenters. The standard InChI is InChI=1S/C13H16N4S/c1-16-8-10(7-15-16)9-17-4-5-18-13-3-2-11(14)6-12(13)17/h2-3,6-8H,4-5,9,14H2,1H3. The molecule has 1 aromatic carbocycles. The molecule has 0 radical (unpaired) electrons. The molecule has 0 bridgehead atoms. The molecular formula is C13H16N4S. The predicted octanol–water partition coefficient (Wildman–Crippen LogP) is 2.11. The minimum absolute atomic E-state index is 0.826. The minimum atomic E-state index is 0.826. The number of nitrogens with zero attached hydrogens (tertiary/aromatic N) is 3. The van der Waals surface area contributed by atoms with E-state index in [9.17, 15) is 0 Å². The summed E-state index contributed by atoms with van der Waals surface area (Å²) >= 11 is 1.90. The van der Waals surface area contributed by atoms with Crippen molar-refractivity contribution in [3.8, 4) is 0 Å². The number of nitrogens with two attached hydrogens (primary N) is 1. The molecule has 0 saturated heterocycles. The number of nitrogen functional groups attached to an aromatic ring is 1. The normalized spacial score (nSPS) is 14.6. The summed E-state index contributed by atoms with van der Waals surface area (Å²) in [7, 11) is 1.95. The van der Waals surface area contributed by atoms with E-state index < -0.39 is 0 Å². The van der Waals surface area contributed by atoms with Crippen molar-refractivity contribution in [2.45, 2.75) is 11.4 Å². The Labute approximate surface area is 111 Å². The summed E-state index contributed by atoms with van der Waals surface area (Å²) in [5, 5.41) is 4.22. The number of benzene rings is 1. The summed E-state index contributed by atoms with van der Waals surface area (Å²) < 4.78 is 1.84. The van der Waals surface area contributed by atoms with Gasteiger partial charge in [-0.3, -0.25) is 4.68 Å². The van der Waals surface area contributed by atoms with E-state index in [0.29, 0.717) is 0 Å². The summed E-state index contributed by atoms with van der Waals surface area (Å²) in [4.78, 5) is 3.69. The van der Waals surface area contributed by atoms with Gasteiger partial charge in [-0.15, -0.1) is 11.8 Å². The second-order valence-corrected chi connectivity index (χ2v) is 5.66. The first kappa shape index (κ1) is 11.5. The third kappa shape index (κ3) is 2.18. The Balaban J connectivity index is 1.88. The summed E-state index contributed by atoms with van der Waals surface area (Å²) in [6.07, 6.45) is 3.99. The molecule has 2 aromatic rings. The molecule has 4 nitrogen and oxygen atoms in total. The molecular weight excluding hydrogens is 244 g/mol. The zero-order valence-electron chi connectivity index (χ0n) is 10.3. The quantitative estimate of drug-likeness (QED) is 0.840. The molecule has 1 aliphatic heterocycles. The lowest BCUT2D eigenvalue weighted by Gasteiger charge is -2.30. The fraction of sp³-hybridized carbons (Fsp3) is 0.308. The molecule has 18 heavy (non-hydrogen) atoms. The van der Waals surface area contributed by atoms with Crippen molar-refractivity contribution in [1.29, 1.82) is 0 Å². The highest BCUT2D eigenvalue weighted by atomic mass is 32.2. The van der Waals surface area contributed by atoms with Crippen molar-refractivity contribution in [2.24, 2.45) is 7.05 Å². The van der Waals surface area contributed by atoms with Crippen molar-refractivity contribution in [2.75, 3.05) is 22.9 Å². The van der Waals surface area contributed by atoms with Gasteiger partial charge in [0.1, 0.15) is 0 Å². The van der Waals surface area contributed by atoms with Crippen LogP contribution in [0, 0.1) is 0 Å². The maximum atomic E-state index is 5.89. The molecule has 94 valence electrons. The van der Waals surface area contributed by atoms with Gasteiger partial charge in [-0.05, 0) is 18.2 Å². The van der Waals surface area contributed by atoms with Crippen molar-refractivity contribution >= 4 is 23.1 Å². The molecule has 5 heteroatoms. The topological polar surface area (TPSA) is 47.1 Å². The average molecular weight is 260 g/mol. The average Bonchev–Trinajstić information content (AvgIpc) is 2.76. The van der Waals surface area contributed by atoms with Crippen LogP contribution < -0.4 is 10.6 Å². The number of rotatable bonds is 2. The van der Waals surface area contributed by atoms with E-state index in [2.05, 4.69) is 28.3 Å². The van der Waals surface area contributed by atoms with Crippen LogP contribution in [0.1, 0.15) is 5.56 Å². The number of aryl methyl sites for hydroxylation is 1. The molecule has 0 aliphatic carbocycles.